The van der Waals surface area contributed by atoms with Gasteiger partial charge in [-0.2, -0.15) is 0 Å². The number of benzene rings is 6. The van der Waals surface area contributed by atoms with Crippen molar-refractivity contribution >= 4 is 59.4 Å². The van der Waals surface area contributed by atoms with Gasteiger partial charge in [-0.05, 0) is 0 Å². The first-order chi connectivity index (χ1) is 35.7. The zero-order valence-corrected chi connectivity index (χ0v) is 57.9. The molecule has 7 rings (SSSR count). The third kappa shape index (κ3) is 11.8. The van der Waals surface area contributed by atoms with Gasteiger partial charge >= 0.3 is 484 Å². The minimum absolute atomic E-state index is 0.355. The molecular weight excluding hydrogens is 1130 g/mol. The molecular formula is C74H100Sn2. The van der Waals surface area contributed by atoms with Gasteiger partial charge in [0.25, 0.3) is 0 Å². The van der Waals surface area contributed by atoms with Crippen LogP contribution in [-0.4, -0.2) is 39.5 Å². The van der Waals surface area contributed by atoms with Crippen molar-refractivity contribution in [1.29, 1.82) is 0 Å². The average molecular weight is 1230 g/mol. The molecule has 0 N–H and O–H groups in total. The van der Waals surface area contributed by atoms with Gasteiger partial charge in [0.2, 0.25) is 0 Å². The molecule has 1 aliphatic carbocycles. The van der Waals surface area contributed by atoms with Crippen LogP contribution in [0, 0.1) is 0 Å². The fourth-order valence-corrected chi connectivity index (χ4v) is 49.5. The molecule has 1 aliphatic rings. The van der Waals surface area contributed by atoms with E-state index in [2.05, 4.69) is 263 Å². The Labute approximate surface area is 480 Å². The van der Waals surface area contributed by atoms with Crippen molar-refractivity contribution in [3.05, 3.63) is 177 Å². The molecule has 6 aromatic rings. The molecule has 0 spiro atoms. The monoisotopic (exact) mass is 1230 g/mol. The molecule has 0 aromatic heterocycles. The van der Waals surface area contributed by atoms with Crippen LogP contribution in [0.5, 0.6) is 0 Å². The second kappa shape index (κ2) is 24.6. The minimum atomic E-state index is -3.71. The maximum absolute atomic E-state index is 3.71. The topological polar surface area (TPSA) is 0 Å². The molecule has 0 heterocycles. The Bertz CT molecular complexity index is 2590. The molecule has 0 atom stereocenters. The molecule has 404 valence electrons. The van der Waals surface area contributed by atoms with E-state index < -0.39 is 39.5 Å². The molecule has 0 bridgehead atoms. The third-order valence-corrected chi connectivity index (χ3v) is 43.1. The molecule has 6 aromatic carbocycles. The molecule has 0 nitrogen and oxygen atoms in total. The van der Waals surface area contributed by atoms with Gasteiger partial charge in [-0.1, -0.05) is 0 Å². The van der Waals surface area contributed by atoms with E-state index in [0.29, 0.717) is 71.0 Å². The van der Waals surface area contributed by atoms with Crippen LogP contribution in [0.1, 0.15) is 315 Å². The van der Waals surface area contributed by atoms with Crippen molar-refractivity contribution in [2.75, 3.05) is 0 Å². The van der Waals surface area contributed by atoms with Crippen LogP contribution >= 0.6 is 0 Å². The molecule has 0 fully saturated rings. The van der Waals surface area contributed by atoms with Gasteiger partial charge in [-0.15, -0.1) is 0 Å². The summed E-state index contributed by atoms with van der Waals surface area (Å²) < 4.78 is 9.09. The Morgan fingerprint density at radius 1 is 0.237 bits per heavy atom. The fraction of sp³-hybridized carbons (Fsp3) is 0.486. The number of hydrogen-bond acceptors (Lipinski definition) is 0. The van der Waals surface area contributed by atoms with Gasteiger partial charge in [-0.3, -0.25) is 0 Å². The van der Waals surface area contributed by atoms with Gasteiger partial charge in [0.05, 0.1) is 0 Å². The summed E-state index contributed by atoms with van der Waals surface area (Å²) in [7, 11) is 0. The average Bonchev–Trinajstić information content (AvgIpc) is 3.68. The van der Waals surface area contributed by atoms with Crippen LogP contribution in [0.4, 0.5) is 0 Å². The molecule has 0 amide bonds. The summed E-state index contributed by atoms with van der Waals surface area (Å²) in [6.45, 7) is 60.0. The summed E-state index contributed by atoms with van der Waals surface area (Å²) >= 11 is -7.41. The van der Waals surface area contributed by atoms with Crippen molar-refractivity contribution in [2.45, 2.75) is 237 Å². The Kier molecular flexibility index (Phi) is 19.5. The van der Waals surface area contributed by atoms with Gasteiger partial charge < -0.3 is 0 Å². The Balaban J connectivity index is 2.01. The van der Waals surface area contributed by atoms with Crippen LogP contribution in [0.25, 0.3) is 16.7 Å². The second-order valence-electron chi connectivity index (χ2n) is 26.7. The molecule has 0 unspecified atom stereocenters. The fourth-order valence-electron chi connectivity index (χ4n) is 12.4. The summed E-state index contributed by atoms with van der Waals surface area (Å²) in [6, 6.07) is 41.3. The SMILES string of the molecule is CC(C)c1cc(C(C)C)[c]([Sn]([C](=C2c3ccccc3-c3ccccc32)[Sn]([c]2c(C(C)C)cc(C(C)C)cc2C(C)C)[c]2c(C(C)C)cc(C(C)C)cc2C(C)C)[c]2c(C(C)C)cc(C(C)C)cc2C(C)C)c(C(C)C)c1. The van der Waals surface area contributed by atoms with Crippen molar-refractivity contribution in [2.24, 2.45) is 0 Å². The molecule has 0 saturated heterocycles. The molecule has 2 radical (unpaired) electrons. The van der Waals surface area contributed by atoms with Crippen LogP contribution in [0.15, 0.2) is 98.7 Å². The van der Waals surface area contributed by atoms with E-state index in [-0.39, 0.29) is 0 Å². The van der Waals surface area contributed by atoms with Crippen molar-refractivity contribution < 1.29 is 0 Å². The van der Waals surface area contributed by atoms with Crippen LogP contribution < -0.4 is 14.3 Å². The predicted molar refractivity (Wildman–Crippen MR) is 343 cm³/mol. The normalized spacial score (nSPS) is 13.1. The summed E-state index contributed by atoms with van der Waals surface area (Å²) in [4.78, 5) is 0. The first-order valence-corrected chi connectivity index (χ1v) is 38.7. The van der Waals surface area contributed by atoms with Gasteiger partial charge in [0, 0.05) is 0 Å². The second-order valence-corrected chi connectivity index (χ2v) is 43.7. The van der Waals surface area contributed by atoms with Crippen LogP contribution in [0.3, 0.4) is 0 Å². The zero-order chi connectivity index (χ0) is 56.1. The number of fused-ring (bicyclic) bond motifs is 3. The van der Waals surface area contributed by atoms with E-state index in [0.717, 1.165) is 0 Å². The van der Waals surface area contributed by atoms with E-state index in [4.69, 9.17) is 0 Å². The van der Waals surface area contributed by atoms with E-state index in [1.807, 2.05) is 1.60 Å². The Morgan fingerprint density at radius 3 is 0.566 bits per heavy atom. The Hall–Kier alpha value is -3.34. The summed E-state index contributed by atoms with van der Waals surface area (Å²) in [5, 5.41) is 0. The van der Waals surface area contributed by atoms with E-state index in [1.165, 1.54) is 44.5 Å². The third-order valence-electron chi connectivity index (χ3n) is 17.0. The first kappa shape index (κ1) is 60.3. The van der Waals surface area contributed by atoms with E-state index >= 15 is 0 Å². The van der Waals surface area contributed by atoms with Crippen molar-refractivity contribution in [3.8, 4) is 11.1 Å². The number of rotatable bonds is 18. The molecule has 0 saturated carbocycles. The quantitative estimate of drug-likeness (QED) is 0.0751. The van der Waals surface area contributed by atoms with Gasteiger partial charge in [-0.25, -0.2) is 0 Å². The first-order valence-electron chi connectivity index (χ1n) is 30.1. The zero-order valence-electron chi connectivity index (χ0n) is 52.2. The summed E-state index contributed by atoms with van der Waals surface area (Å²) in [6.07, 6.45) is 0. The molecule has 76 heavy (non-hydrogen) atoms. The summed E-state index contributed by atoms with van der Waals surface area (Å²) in [5.41, 5.74) is 26.3. The van der Waals surface area contributed by atoms with Crippen molar-refractivity contribution in [3.63, 3.8) is 0 Å². The number of hydrogen-bond donors (Lipinski definition) is 0. The van der Waals surface area contributed by atoms with E-state index in [9.17, 15) is 0 Å². The summed E-state index contributed by atoms with van der Waals surface area (Å²) in [5.74, 6) is 4.56. The maximum atomic E-state index is 2.73. The standard InChI is InChI=1S/4C15H23.C14H8.2Sn/c4*1-10(2)13-7-14(11(3)4)9-15(8-13)12(5)6;1-10-11-6-2-4-8-13(11)14-9-5-3-7-12(10)14;;/h4*7-8,10-12H,1-6H3;2-9H;;. The molecule has 0 aliphatic heterocycles. The predicted octanol–water partition coefficient (Wildman–Crippen LogP) is 19.6. The van der Waals surface area contributed by atoms with Crippen LogP contribution in [-0.2, 0) is 0 Å². The van der Waals surface area contributed by atoms with Crippen LogP contribution in [0.2, 0.25) is 0 Å². The van der Waals surface area contributed by atoms with Gasteiger partial charge in [0.15, 0.2) is 0 Å². The Morgan fingerprint density at radius 2 is 0.408 bits per heavy atom. The molecule has 2 heteroatoms. The van der Waals surface area contributed by atoms with Gasteiger partial charge in [0.1, 0.15) is 0 Å². The van der Waals surface area contributed by atoms with Crippen molar-refractivity contribution in [1.82, 2.24) is 0 Å². The van der Waals surface area contributed by atoms with E-state index in [1.54, 1.807) is 64.4 Å².